The number of ether oxygens (including phenoxy) is 1. The van der Waals surface area contributed by atoms with E-state index in [0.29, 0.717) is 6.54 Å². The maximum Gasteiger partial charge on any atom is 0.350 e. The van der Waals surface area contributed by atoms with Crippen LogP contribution in [0, 0.1) is 0 Å². The van der Waals surface area contributed by atoms with Crippen LogP contribution in [0.1, 0.15) is 37.7 Å². The van der Waals surface area contributed by atoms with Crippen LogP contribution in [-0.2, 0) is 10.5 Å². The topological polar surface area (TPSA) is 106 Å². The van der Waals surface area contributed by atoms with E-state index in [1.165, 1.54) is 24.8 Å². The Kier molecular flexibility index (Phi) is 4.97. The Morgan fingerprint density at radius 2 is 2.09 bits per heavy atom. The van der Waals surface area contributed by atoms with Crippen molar-refractivity contribution in [2.75, 3.05) is 13.2 Å². The minimum absolute atomic E-state index is 0.0116. The van der Waals surface area contributed by atoms with Gasteiger partial charge in [-0.1, -0.05) is 19.3 Å². The van der Waals surface area contributed by atoms with E-state index in [9.17, 15) is 14.3 Å². The molecule has 1 aromatic rings. The molecule has 1 unspecified atom stereocenters. The molecular formula is C15H21FN2O4. The van der Waals surface area contributed by atoms with Gasteiger partial charge in [-0.05, 0) is 25.0 Å². The van der Waals surface area contributed by atoms with Gasteiger partial charge in [-0.2, -0.15) is 0 Å². The molecule has 4 N–H and O–H groups in total. The lowest BCUT2D eigenvalue weighted by molar-refractivity contribution is -0.152. The first-order valence-electron chi connectivity index (χ1n) is 7.34. The summed E-state index contributed by atoms with van der Waals surface area (Å²) in [5.41, 5.74) is 2.43. The summed E-state index contributed by atoms with van der Waals surface area (Å²) < 4.78 is 18.5. The van der Waals surface area contributed by atoms with Crippen LogP contribution < -0.4 is 10.5 Å². The van der Waals surface area contributed by atoms with Crippen molar-refractivity contribution in [3.8, 4) is 5.88 Å². The van der Waals surface area contributed by atoms with E-state index < -0.39 is 23.8 Å². The number of alkyl halides is 1. The normalized spacial score (nSPS) is 25.4. The van der Waals surface area contributed by atoms with Gasteiger partial charge >= 0.3 is 5.97 Å². The van der Waals surface area contributed by atoms with Crippen molar-refractivity contribution in [3.05, 3.63) is 23.9 Å². The van der Waals surface area contributed by atoms with Gasteiger partial charge in [0.25, 0.3) is 5.67 Å². The number of aromatic nitrogens is 1. The SMILES string of the molecule is NCC1(O)CCCCC1.O=C(O)C1(F)COc2ncccc21. The lowest BCUT2D eigenvalue weighted by atomic mass is 9.85. The fourth-order valence-electron chi connectivity index (χ4n) is 2.64. The first kappa shape index (κ1) is 16.6. The highest BCUT2D eigenvalue weighted by Crippen LogP contribution is 2.38. The Labute approximate surface area is 128 Å². The number of hydrogen-bond acceptors (Lipinski definition) is 5. The van der Waals surface area contributed by atoms with E-state index in [1.807, 2.05) is 0 Å². The van der Waals surface area contributed by atoms with Gasteiger partial charge in [0.15, 0.2) is 0 Å². The molecule has 2 heterocycles. The van der Waals surface area contributed by atoms with Crippen molar-refractivity contribution in [1.82, 2.24) is 4.98 Å². The molecule has 0 saturated heterocycles. The van der Waals surface area contributed by atoms with E-state index in [4.69, 9.17) is 15.6 Å². The second-order valence-electron chi connectivity index (χ2n) is 5.74. The van der Waals surface area contributed by atoms with E-state index in [2.05, 4.69) is 4.98 Å². The van der Waals surface area contributed by atoms with Gasteiger partial charge in [0.2, 0.25) is 5.88 Å². The quantitative estimate of drug-likeness (QED) is 0.761. The summed E-state index contributed by atoms with van der Waals surface area (Å²) in [4.78, 5) is 14.3. The lowest BCUT2D eigenvalue weighted by Crippen LogP contribution is -2.39. The van der Waals surface area contributed by atoms with Crippen molar-refractivity contribution in [1.29, 1.82) is 0 Å². The molecular weight excluding hydrogens is 291 g/mol. The third kappa shape index (κ3) is 3.36. The van der Waals surface area contributed by atoms with Crippen LogP contribution in [0.15, 0.2) is 18.3 Å². The number of hydrogen-bond donors (Lipinski definition) is 3. The van der Waals surface area contributed by atoms with Crippen LogP contribution >= 0.6 is 0 Å². The molecule has 122 valence electrons. The summed E-state index contributed by atoms with van der Waals surface area (Å²) in [7, 11) is 0. The number of aliphatic carboxylic acids is 1. The van der Waals surface area contributed by atoms with Gasteiger partial charge in [-0.3, -0.25) is 0 Å². The van der Waals surface area contributed by atoms with E-state index >= 15 is 0 Å². The average molecular weight is 312 g/mol. The molecule has 0 radical (unpaired) electrons. The molecule has 1 aliphatic heterocycles. The highest BCUT2D eigenvalue weighted by atomic mass is 19.1. The predicted molar refractivity (Wildman–Crippen MR) is 77.2 cm³/mol. The van der Waals surface area contributed by atoms with Gasteiger partial charge in [-0.25, -0.2) is 14.2 Å². The van der Waals surface area contributed by atoms with Crippen LogP contribution in [-0.4, -0.2) is 39.9 Å². The van der Waals surface area contributed by atoms with Crippen molar-refractivity contribution in [2.45, 2.75) is 43.4 Å². The molecule has 0 bridgehead atoms. The summed E-state index contributed by atoms with van der Waals surface area (Å²) in [6, 6.07) is 2.84. The molecule has 1 aromatic heterocycles. The third-order valence-electron chi connectivity index (χ3n) is 4.11. The molecule has 0 aromatic carbocycles. The number of nitrogens with zero attached hydrogens (tertiary/aromatic N) is 1. The molecule has 1 aliphatic carbocycles. The molecule has 1 fully saturated rings. The van der Waals surface area contributed by atoms with Gasteiger partial charge in [0.1, 0.15) is 6.61 Å². The molecule has 0 amide bonds. The smallest absolute Gasteiger partial charge is 0.350 e. The molecule has 1 atom stereocenters. The maximum absolute atomic E-state index is 13.7. The number of carboxylic acid groups (broad SMARTS) is 1. The monoisotopic (exact) mass is 312 g/mol. The molecule has 1 saturated carbocycles. The Hall–Kier alpha value is -1.73. The number of fused-ring (bicyclic) bond motifs is 1. The van der Waals surface area contributed by atoms with Crippen molar-refractivity contribution in [3.63, 3.8) is 0 Å². The van der Waals surface area contributed by atoms with Crippen LogP contribution in [0.4, 0.5) is 4.39 Å². The number of rotatable bonds is 2. The summed E-state index contributed by atoms with van der Waals surface area (Å²) in [5, 5.41) is 18.2. The molecule has 3 rings (SSSR count). The molecule has 7 heteroatoms. The van der Waals surface area contributed by atoms with E-state index in [-0.39, 0.29) is 11.4 Å². The zero-order valence-corrected chi connectivity index (χ0v) is 12.3. The fourth-order valence-corrected chi connectivity index (χ4v) is 2.64. The Bertz CT molecular complexity index is 534. The maximum atomic E-state index is 13.7. The Morgan fingerprint density at radius 3 is 2.64 bits per heavy atom. The second kappa shape index (κ2) is 6.58. The number of aliphatic hydroxyl groups is 1. The largest absolute Gasteiger partial charge is 0.479 e. The number of carbonyl (C=O) groups is 1. The van der Waals surface area contributed by atoms with Gasteiger partial charge < -0.3 is 20.7 Å². The zero-order chi connectivity index (χ0) is 16.2. The number of carboxylic acids is 1. The highest BCUT2D eigenvalue weighted by Gasteiger charge is 2.49. The van der Waals surface area contributed by atoms with Crippen molar-refractivity contribution in [2.24, 2.45) is 5.73 Å². The van der Waals surface area contributed by atoms with Crippen LogP contribution in [0.2, 0.25) is 0 Å². The molecule has 0 spiro atoms. The fraction of sp³-hybridized carbons (Fsp3) is 0.600. The first-order chi connectivity index (χ1) is 10.4. The summed E-state index contributed by atoms with van der Waals surface area (Å²) >= 11 is 0. The summed E-state index contributed by atoms with van der Waals surface area (Å²) in [6.45, 7) is -0.0678. The number of pyridine rings is 1. The third-order valence-corrected chi connectivity index (χ3v) is 4.11. The van der Waals surface area contributed by atoms with E-state index in [0.717, 1.165) is 25.7 Å². The number of nitrogens with two attached hydrogens (primary N) is 1. The minimum Gasteiger partial charge on any atom is -0.479 e. The molecule has 6 nitrogen and oxygen atoms in total. The van der Waals surface area contributed by atoms with Crippen molar-refractivity contribution >= 4 is 5.97 Å². The average Bonchev–Trinajstić information content (AvgIpc) is 2.88. The van der Waals surface area contributed by atoms with Crippen molar-refractivity contribution < 1.29 is 24.1 Å². The Balaban J connectivity index is 0.000000172. The van der Waals surface area contributed by atoms with E-state index in [1.54, 1.807) is 0 Å². The Morgan fingerprint density at radius 1 is 1.41 bits per heavy atom. The van der Waals surface area contributed by atoms with Crippen LogP contribution in [0.5, 0.6) is 5.88 Å². The lowest BCUT2D eigenvalue weighted by Gasteiger charge is -2.30. The summed E-state index contributed by atoms with van der Waals surface area (Å²) in [5.74, 6) is -1.48. The highest BCUT2D eigenvalue weighted by molar-refractivity contribution is 5.81. The predicted octanol–water partition coefficient (Wildman–Crippen LogP) is 1.36. The molecule has 2 aliphatic rings. The second-order valence-corrected chi connectivity index (χ2v) is 5.74. The van der Waals surface area contributed by atoms with Gasteiger partial charge in [0.05, 0.1) is 11.2 Å². The standard InChI is InChI=1S/C8H6FNO3.C7H15NO/c9-8(7(11)12)4-13-6-5(8)2-1-3-10-6;8-6-7(9)4-2-1-3-5-7/h1-3H,4H2,(H,11,12);9H,1-6,8H2. The first-order valence-corrected chi connectivity index (χ1v) is 7.34. The number of halogens is 1. The van der Waals surface area contributed by atoms with Gasteiger partial charge in [-0.15, -0.1) is 0 Å². The molecule has 22 heavy (non-hydrogen) atoms. The van der Waals surface area contributed by atoms with Crippen LogP contribution in [0.25, 0.3) is 0 Å². The van der Waals surface area contributed by atoms with Gasteiger partial charge in [0, 0.05) is 12.7 Å². The minimum atomic E-state index is -2.44. The summed E-state index contributed by atoms with van der Waals surface area (Å²) in [6.07, 6.45) is 6.79. The van der Waals surface area contributed by atoms with Crippen LogP contribution in [0.3, 0.4) is 0 Å². The zero-order valence-electron chi connectivity index (χ0n) is 12.3.